The van der Waals surface area contributed by atoms with E-state index in [1.807, 2.05) is 6.07 Å². The van der Waals surface area contributed by atoms with Crippen LogP contribution in [0.3, 0.4) is 0 Å². The summed E-state index contributed by atoms with van der Waals surface area (Å²) < 4.78 is 0. The van der Waals surface area contributed by atoms with Gasteiger partial charge < -0.3 is 5.73 Å². The van der Waals surface area contributed by atoms with Crippen molar-refractivity contribution in [2.75, 3.05) is 0 Å². The minimum Gasteiger partial charge on any atom is -0.321 e. The molecular formula is C11H14ClN. The van der Waals surface area contributed by atoms with Crippen LogP contribution in [-0.2, 0) is 5.54 Å². The third kappa shape index (κ3) is 1.36. The van der Waals surface area contributed by atoms with Gasteiger partial charge in [0, 0.05) is 10.6 Å². The van der Waals surface area contributed by atoms with Crippen molar-refractivity contribution in [2.24, 2.45) is 5.73 Å². The van der Waals surface area contributed by atoms with E-state index in [1.54, 1.807) is 0 Å². The number of hydrogen-bond acceptors (Lipinski definition) is 1. The molecule has 0 spiro atoms. The first kappa shape index (κ1) is 9.04. The van der Waals surface area contributed by atoms with Gasteiger partial charge in [-0.1, -0.05) is 17.7 Å². The Kier molecular flexibility index (Phi) is 1.90. The molecule has 70 valence electrons. The van der Waals surface area contributed by atoms with Crippen LogP contribution in [0.5, 0.6) is 0 Å². The smallest absolute Gasteiger partial charge is 0.0438 e. The molecule has 1 nitrogen and oxygen atoms in total. The molecule has 1 fully saturated rings. The second kappa shape index (κ2) is 2.73. The summed E-state index contributed by atoms with van der Waals surface area (Å²) in [5, 5.41) is 0.831. The average molecular weight is 196 g/mol. The second-order valence-corrected chi connectivity index (χ2v) is 4.43. The van der Waals surface area contributed by atoms with Gasteiger partial charge in [-0.05, 0) is 49.4 Å². The number of benzene rings is 1. The average Bonchev–Trinajstić information content (AvgIpc) is 2.78. The third-order valence-corrected chi connectivity index (χ3v) is 3.30. The predicted molar refractivity (Wildman–Crippen MR) is 56.0 cm³/mol. The van der Waals surface area contributed by atoms with Gasteiger partial charge in [0.15, 0.2) is 0 Å². The monoisotopic (exact) mass is 195 g/mol. The van der Waals surface area contributed by atoms with Crippen molar-refractivity contribution >= 4 is 11.6 Å². The van der Waals surface area contributed by atoms with Gasteiger partial charge in [-0.3, -0.25) is 0 Å². The van der Waals surface area contributed by atoms with Gasteiger partial charge in [0.2, 0.25) is 0 Å². The molecular weight excluding hydrogens is 182 g/mol. The Hall–Kier alpha value is -0.530. The summed E-state index contributed by atoms with van der Waals surface area (Å²) in [7, 11) is 0. The molecule has 1 saturated carbocycles. The SMILES string of the molecule is Cc1ccc(Cl)c(C)c1C1(N)CC1. The first-order valence-corrected chi connectivity index (χ1v) is 4.97. The quantitative estimate of drug-likeness (QED) is 0.733. The Morgan fingerprint density at radius 3 is 2.46 bits per heavy atom. The third-order valence-electron chi connectivity index (χ3n) is 2.89. The summed E-state index contributed by atoms with van der Waals surface area (Å²) in [6, 6.07) is 4.00. The summed E-state index contributed by atoms with van der Waals surface area (Å²) in [5.41, 5.74) is 9.79. The van der Waals surface area contributed by atoms with Gasteiger partial charge in [-0.2, -0.15) is 0 Å². The van der Waals surface area contributed by atoms with Crippen molar-refractivity contribution in [1.82, 2.24) is 0 Å². The van der Waals surface area contributed by atoms with Crippen molar-refractivity contribution in [1.29, 1.82) is 0 Å². The molecule has 1 aliphatic carbocycles. The predicted octanol–water partition coefficient (Wildman–Crippen LogP) is 2.90. The van der Waals surface area contributed by atoms with Crippen LogP contribution in [-0.4, -0.2) is 0 Å². The zero-order valence-electron chi connectivity index (χ0n) is 8.02. The van der Waals surface area contributed by atoms with Crippen LogP contribution in [0.4, 0.5) is 0 Å². The number of hydrogen-bond donors (Lipinski definition) is 1. The molecule has 1 aliphatic rings. The first-order valence-electron chi connectivity index (χ1n) is 4.60. The van der Waals surface area contributed by atoms with E-state index in [0.29, 0.717) is 0 Å². The molecule has 0 atom stereocenters. The lowest BCUT2D eigenvalue weighted by molar-refractivity contribution is 0.726. The lowest BCUT2D eigenvalue weighted by Gasteiger charge is -2.17. The van der Waals surface area contributed by atoms with E-state index in [0.717, 1.165) is 23.4 Å². The van der Waals surface area contributed by atoms with Crippen LogP contribution in [0.25, 0.3) is 0 Å². The number of halogens is 1. The molecule has 0 aliphatic heterocycles. The lowest BCUT2D eigenvalue weighted by Crippen LogP contribution is -2.21. The molecule has 0 heterocycles. The molecule has 0 bridgehead atoms. The van der Waals surface area contributed by atoms with E-state index >= 15 is 0 Å². The largest absolute Gasteiger partial charge is 0.321 e. The second-order valence-electron chi connectivity index (χ2n) is 4.02. The number of nitrogens with two attached hydrogens (primary N) is 1. The molecule has 0 saturated heterocycles. The standard InChI is InChI=1S/C11H14ClN/c1-7-3-4-9(12)8(2)10(7)11(13)5-6-11/h3-4H,5-6,13H2,1-2H3. The molecule has 0 amide bonds. The molecule has 1 aromatic rings. The van der Waals surface area contributed by atoms with E-state index in [9.17, 15) is 0 Å². The lowest BCUT2D eigenvalue weighted by atomic mass is 9.95. The number of rotatable bonds is 1. The maximum absolute atomic E-state index is 6.18. The Morgan fingerprint density at radius 2 is 1.92 bits per heavy atom. The van der Waals surface area contributed by atoms with Crippen molar-refractivity contribution in [3.05, 3.63) is 33.8 Å². The molecule has 2 N–H and O–H groups in total. The Bertz CT molecular complexity index is 353. The summed E-state index contributed by atoms with van der Waals surface area (Å²) in [4.78, 5) is 0. The highest BCUT2D eigenvalue weighted by Gasteiger charge is 2.42. The van der Waals surface area contributed by atoms with Gasteiger partial charge in [-0.25, -0.2) is 0 Å². The van der Waals surface area contributed by atoms with Crippen LogP contribution in [0.2, 0.25) is 5.02 Å². The normalized spacial score (nSPS) is 18.8. The van der Waals surface area contributed by atoms with Crippen LogP contribution < -0.4 is 5.73 Å². The zero-order chi connectivity index (χ0) is 9.64. The molecule has 0 radical (unpaired) electrons. The summed E-state index contributed by atoms with van der Waals surface area (Å²) in [6.07, 6.45) is 2.18. The minimum absolute atomic E-state index is 0.0704. The van der Waals surface area contributed by atoms with E-state index in [-0.39, 0.29) is 5.54 Å². The highest BCUT2D eigenvalue weighted by Crippen LogP contribution is 2.46. The molecule has 0 unspecified atom stereocenters. The van der Waals surface area contributed by atoms with Crippen LogP contribution in [0.15, 0.2) is 12.1 Å². The van der Waals surface area contributed by atoms with Gasteiger partial charge >= 0.3 is 0 Å². The van der Waals surface area contributed by atoms with Gasteiger partial charge in [-0.15, -0.1) is 0 Å². The summed E-state index contributed by atoms with van der Waals surface area (Å²) in [5.74, 6) is 0. The topological polar surface area (TPSA) is 26.0 Å². The maximum atomic E-state index is 6.18. The summed E-state index contributed by atoms with van der Waals surface area (Å²) in [6.45, 7) is 4.16. The zero-order valence-corrected chi connectivity index (χ0v) is 8.78. The Balaban J connectivity index is 2.61. The van der Waals surface area contributed by atoms with E-state index in [2.05, 4.69) is 19.9 Å². The van der Waals surface area contributed by atoms with Crippen LogP contribution >= 0.6 is 11.6 Å². The Labute approximate surface area is 83.9 Å². The number of aryl methyl sites for hydroxylation is 1. The Morgan fingerprint density at radius 1 is 1.31 bits per heavy atom. The highest BCUT2D eigenvalue weighted by atomic mass is 35.5. The summed E-state index contributed by atoms with van der Waals surface area (Å²) >= 11 is 6.06. The molecule has 2 rings (SSSR count). The fourth-order valence-electron chi connectivity index (χ4n) is 1.97. The van der Waals surface area contributed by atoms with Crippen LogP contribution in [0.1, 0.15) is 29.5 Å². The van der Waals surface area contributed by atoms with E-state index in [4.69, 9.17) is 17.3 Å². The van der Waals surface area contributed by atoms with Gasteiger partial charge in [0.25, 0.3) is 0 Å². The fourth-order valence-corrected chi connectivity index (χ4v) is 2.13. The molecule has 2 heteroatoms. The van der Waals surface area contributed by atoms with Crippen LogP contribution in [0, 0.1) is 13.8 Å². The van der Waals surface area contributed by atoms with Crippen molar-refractivity contribution in [2.45, 2.75) is 32.2 Å². The molecule has 13 heavy (non-hydrogen) atoms. The maximum Gasteiger partial charge on any atom is 0.0438 e. The fraction of sp³-hybridized carbons (Fsp3) is 0.455. The van der Waals surface area contributed by atoms with E-state index < -0.39 is 0 Å². The van der Waals surface area contributed by atoms with Crippen molar-refractivity contribution in [3.8, 4) is 0 Å². The highest BCUT2D eigenvalue weighted by molar-refractivity contribution is 6.31. The molecule has 1 aromatic carbocycles. The first-order chi connectivity index (χ1) is 6.04. The van der Waals surface area contributed by atoms with Gasteiger partial charge in [0.05, 0.1) is 0 Å². The van der Waals surface area contributed by atoms with Crippen molar-refractivity contribution in [3.63, 3.8) is 0 Å². The van der Waals surface area contributed by atoms with Gasteiger partial charge in [0.1, 0.15) is 0 Å². The van der Waals surface area contributed by atoms with E-state index in [1.165, 1.54) is 11.1 Å². The molecule has 0 aromatic heterocycles. The van der Waals surface area contributed by atoms with Crippen molar-refractivity contribution < 1.29 is 0 Å². The minimum atomic E-state index is -0.0704.